The molecule has 0 aliphatic carbocycles. The molecule has 3 aromatic carbocycles. The van der Waals surface area contributed by atoms with E-state index in [9.17, 15) is 5.11 Å². The topological polar surface area (TPSA) is 58.0 Å². The Labute approximate surface area is 276 Å². The van der Waals surface area contributed by atoms with Gasteiger partial charge in [0.2, 0.25) is 5.88 Å². The summed E-state index contributed by atoms with van der Waals surface area (Å²) in [7, 11) is 0. The van der Waals surface area contributed by atoms with Crippen molar-refractivity contribution in [2.45, 2.75) is 112 Å². The van der Waals surface area contributed by atoms with Crippen molar-refractivity contribution in [3.8, 4) is 17.4 Å². The molecule has 2 heterocycles. The van der Waals surface area contributed by atoms with Gasteiger partial charge < -0.3 is 14.7 Å². The zero-order valence-electron chi connectivity index (χ0n) is 30.0. The van der Waals surface area contributed by atoms with Crippen LogP contribution >= 0.6 is 0 Å². The van der Waals surface area contributed by atoms with Gasteiger partial charge in [0.05, 0.1) is 6.04 Å². The number of anilines is 1. The molecular formula is C41H53N3O2. The van der Waals surface area contributed by atoms with Crippen molar-refractivity contribution in [3.63, 3.8) is 0 Å². The van der Waals surface area contributed by atoms with Crippen molar-refractivity contribution in [3.05, 3.63) is 88.5 Å². The molecule has 0 unspecified atom stereocenters. The number of hydrogen-bond acceptors (Lipinski definition) is 5. The fourth-order valence-electron chi connectivity index (χ4n) is 6.19. The molecule has 0 saturated heterocycles. The van der Waals surface area contributed by atoms with E-state index in [1.807, 2.05) is 18.2 Å². The lowest BCUT2D eigenvalue weighted by Crippen LogP contribution is -2.35. The molecule has 5 heteroatoms. The Morgan fingerprint density at radius 1 is 0.804 bits per heavy atom. The number of aromatic nitrogens is 1. The SMILES string of the molecule is CC(C)c1cc(Oc2ccc3cc(C(C)(C)C)cc(O)c3n2)cc(C2=N[C@@H](C(C)(C)C)CN2c2c(C(C)C)cccc2C(C)C)c1. The maximum Gasteiger partial charge on any atom is 0.219 e. The first-order chi connectivity index (χ1) is 21.4. The number of phenolic OH excluding ortho intramolecular Hbond substituents is 1. The van der Waals surface area contributed by atoms with E-state index in [4.69, 9.17) is 14.7 Å². The fourth-order valence-corrected chi connectivity index (χ4v) is 6.19. The molecule has 1 aliphatic heterocycles. The molecule has 1 aliphatic rings. The van der Waals surface area contributed by atoms with Crippen LogP contribution in [0.1, 0.15) is 129 Å². The summed E-state index contributed by atoms with van der Waals surface area (Å²) in [4.78, 5) is 12.7. The Balaban J connectivity index is 1.63. The second-order valence-electron chi connectivity index (χ2n) is 16.1. The van der Waals surface area contributed by atoms with Gasteiger partial charge in [-0.05, 0) is 87.2 Å². The molecule has 0 radical (unpaired) electrons. The normalized spacial score (nSPS) is 15.8. The van der Waals surface area contributed by atoms with E-state index in [-0.39, 0.29) is 28.5 Å². The molecule has 0 saturated carbocycles. The van der Waals surface area contributed by atoms with Crippen LogP contribution in [0.2, 0.25) is 0 Å². The highest BCUT2D eigenvalue weighted by atomic mass is 16.5. The van der Waals surface area contributed by atoms with Crippen LogP contribution in [-0.4, -0.2) is 28.5 Å². The Morgan fingerprint density at radius 2 is 1.46 bits per heavy atom. The highest BCUT2D eigenvalue weighted by Gasteiger charge is 2.37. The second kappa shape index (κ2) is 12.4. The summed E-state index contributed by atoms with van der Waals surface area (Å²) < 4.78 is 6.49. The predicted octanol–water partition coefficient (Wildman–Crippen LogP) is 11.1. The minimum absolute atomic E-state index is 0.00360. The van der Waals surface area contributed by atoms with Crippen LogP contribution in [0.3, 0.4) is 0 Å². The van der Waals surface area contributed by atoms with Crippen molar-refractivity contribution in [2.75, 3.05) is 11.4 Å². The van der Waals surface area contributed by atoms with E-state index in [2.05, 4.69) is 130 Å². The van der Waals surface area contributed by atoms with E-state index in [1.165, 1.54) is 22.4 Å². The maximum absolute atomic E-state index is 10.9. The van der Waals surface area contributed by atoms with Crippen molar-refractivity contribution in [2.24, 2.45) is 10.4 Å². The predicted molar refractivity (Wildman–Crippen MR) is 194 cm³/mol. The van der Waals surface area contributed by atoms with Gasteiger partial charge in [-0.15, -0.1) is 0 Å². The molecule has 46 heavy (non-hydrogen) atoms. The molecule has 1 atom stereocenters. The standard InChI is InChI=1S/C41H53N3O2/c1-24(2)28-18-29(21-31(20-28)46-36-17-16-27-19-30(40(7,8)9)22-34(45)37(27)43-36)39-42-35(41(10,11)12)23-44(39)38-32(25(3)4)14-13-15-33(38)26(5)6/h13-22,24-26,35,45H,23H2,1-12H3/t35-/m1/s1. The van der Waals surface area contributed by atoms with Crippen molar-refractivity contribution in [1.29, 1.82) is 0 Å². The molecule has 0 fully saturated rings. The van der Waals surface area contributed by atoms with Gasteiger partial charge in [-0.3, -0.25) is 4.99 Å². The van der Waals surface area contributed by atoms with Gasteiger partial charge in [0, 0.05) is 29.2 Å². The number of hydrogen-bond donors (Lipinski definition) is 1. The van der Waals surface area contributed by atoms with Crippen molar-refractivity contribution in [1.82, 2.24) is 4.98 Å². The Bertz CT molecular complexity index is 1740. The summed E-state index contributed by atoms with van der Waals surface area (Å²) in [5, 5.41) is 11.8. The van der Waals surface area contributed by atoms with Crippen LogP contribution < -0.4 is 9.64 Å². The van der Waals surface area contributed by atoms with Gasteiger partial charge >= 0.3 is 0 Å². The van der Waals surface area contributed by atoms with Gasteiger partial charge in [0.15, 0.2) is 0 Å². The first-order valence-electron chi connectivity index (χ1n) is 16.9. The molecule has 5 nitrogen and oxygen atoms in total. The van der Waals surface area contributed by atoms with Crippen LogP contribution in [0.25, 0.3) is 10.9 Å². The summed E-state index contributed by atoms with van der Waals surface area (Å²) in [6.07, 6.45) is 0. The smallest absolute Gasteiger partial charge is 0.219 e. The van der Waals surface area contributed by atoms with Gasteiger partial charge in [-0.1, -0.05) is 101 Å². The number of aromatic hydroxyl groups is 1. The molecule has 1 N–H and O–H groups in total. The van der Waals surface area contributed by atoms with Crippen molar-refractivity contribution >= 4 is 22.4 Å². The minimum atomic E-state index is -0.0804. The van der Waals surface area contributed by atoms with E-state index >= 15 is 0 Å². The Hall–Kier alpha value is -3.86. The third-order valence-electron chi connectivity index (χ3n) is 9.19. The van der Waals surface area contributed by atoms with E-state index < -0.39 is 0 Å². The average Bonchev–Trinajstić information content (AvgIpc) is 3.42. The molecule has 0 bridgehead atoms. The number of para-hydroxylation sites is 1. The van der Waals surface area contributed by atoms with E-state index in [0.29, 0.717) is 29.0 Å². The van der Waals surface area contributed by atoms with Gasteiger partial charge in [0.1, 0.15) is 22.9 Å². The van der Waals surface area contributed by atoms with Crippen LogP contribution in [-0.2, 0) is 5.41 Å². The molecule has 1 aromatic heterocycles. The number of phenols is 1. The Kier molecular flexibility index (Phi) is 9.02. The van der Waals surface area contributed by atoms with Crippen LogP contribution in [0.5, 0.6) is 17.4 Å². The fraction of sp³-hybridized carbons (Fsp3) is 0.463. The molecule has 244 valence electrons. The zero-order chi connectivity index (χ0) is 33.7. The Morgan fingerprint density at radius 3 is 2.02 bits per heavy atom. The largest absolute Gasteiger partial charge is 0.506 e. The first-order valence-corrected chi connectivity index (χ1v) is 16.9. The van der Waals surface area contributed by atoms with Gasteiger partial charge in [0.25, 0.3) is 0 Å². The molecule has 0 spiro atoms. The highest BCUT2D eigenvalue weighted by molar-refractivity contribution is 6.12. The number of benzene rings is 3. The number of pyridine rings is 1. The van der Waals surface area contributed by atoms with Crippen LogP contribution in [0.15, 0.2) is 65.7 Å². The lowest BCUT2D eigenvalue weighted by Gasteiger charge is -2.31. The van der Waals surface area contributed by atoms with E-state index in [1.54, 1.807) is 0 Å². The third kappa shape index (κ3) is 6.79. The summed E-state index contributed by atoms with van der Waals surface area (Å²) >= 11 is 0. The molecule has 5 rings (SSSR count). The number of fused-ring (bicyclic) bond motifs is 1. The highest BCUT2D eigenvalue weighted by Crippen LogP contribution is 2.41. The third-order valence-corrected chi connectivity index (χ3v) is 9.19. The summed E-state index contributed by atoms with van der Waals surface area (Å²) in [6, 6.07) is 21.1. The number of nitrogens with zero attached hydrogens (tertiary/aromatic N) is 3. The lowest BCUT2D eigenvalue weighted by atomic mass is 9.86. The van der Waals surface area contributed by atoms with Crippen molar-refractivity contribution < 1.29 is 9.84 Å². The number of amidine groups is 1. The molecule has 4 aromatic rings. The number of rotatable bonds is 7. The molecular weight excluding hydrogens is 566 g/mol. The zero-order valence-corrected chi connectivity index (χ0v) is 30.0. The van der Waals surface area contributed by atoms with Gasteiger partial charge in [-0.2, -0.15) is 0 Å². The second-order valence-corrected chi connectivity index (χ2v) is 16.1. The van der Waals surface area contributed by atoms with E-state index in [0.717, 1.165) is 28.9 Å². The summed E-state index contributed by atoms with van der Waals surface area (Å²) in [5.41, 5.74) is 7.73. The lowest BCUT2D eigenvalue weighted by molar-refractivity contribution is 0.337. The van der Waals surface area contributed by atoms with Gasteiger partial charge in [-0.25, -0.2) is 4.98 Å². The quantitative estimate of drug-likeness (QED) is 0.224. The van der Waals surface area contributed by atoms with Crippen LogP contribution in [0.4, 0.5) is 5.69 Å². The monoisotopic (exact) mass is 619 g/mol. The number of ether oxygens (including phenoxy) is 1. The number of aliphatic imine (C=N–C) groups is 1. The first kappa shape index (κ1) is 33.5. The average molecular weight is 620 g/mol. The summed E-state index contributed by atoms with van der Waals surface area (Å²) in [6.45, 7) is 27.6. The maximum atomic E-state index is 10.9. The van der Waals surface area contributed by atoms with Crippen LogP contribution in [0, 0.1) is 5.41 Å². The molecule has 0 amide bonds. The summed E-state index contributed by atoms with van der Waals surface area (Å²) in [5.74, 6) is 3.35. The minimum Gasteiger partial charge on any atom is -0.506 e.